The van der Waals surface area contributed by atoms with Crippen LogP contribution >= 0.6 is 11.3 Å². The summed E-state index contributed by atoms with van der Waals surface area (Å²) in [6.07, 6.45) is 1.69. The second-order valence-corrected chi connectivity index (χ2v) is 7.15. The molecule has 0 radical (unpaired) electrons. The molecule has 0 spiro atoms. The van der Waals surface area contributed by atoms with Gasteiger partial charge in [-0.3, -0.25) is 0 Å². The molecule has 1 aliphatic heterocycles. The van der Waals surface area contributed by atoms with Gasteiger partial charge in [-0.1, -0.05) is 0 Å². The molecule has 23 heavy (non-hydrogen) atoms. The SMILES string of the molecule is CCOC(=O)c1csc(C=C(CO)B2OC(C)(C)C(C)(C)O2)n1. The van der Waals surface area contributed by atoms with Gasteiger partial charge in [0.2, 0.25) is 0 Å². The Balaban J connectivity index is 2.19. The summed E-state index contributed by atoms with van der Waals surface area (Å²) >= 11 is 1.30. The molecular weight excluding hydrogens is 317 g/mol. The van der Waals surface area contributed by atoms with Gasteiger partial charge in [0, 0.05) is 5.38 Å². The lowest BCUT2D eigenvalue weighted by molar-refractivity contribution is 0.00578. The van der Waals surface area contributed by atoms with Crippen LogP contribution < -0.4 is 0 Å². The van der Waals surface area contributed by atoms with Crippen molar-refractivity contribution in [2.24, 2.45) is 0 Å². The van der Waals surface area contributed by atoms with Gasteiger partial charge in [-0.2, -0.15) is 0 Å². The molecule has 1 N–H and O–H groups in total. The van der Waals surface area contributed by atoms with Gasteiger partial charge in [0.1, 0.15) is 5.01 Å². The summed E-state index contributed by atoms with van der Waals surface area (Å²) in [5.41, 5.74) is -0.141. The normalized spacial score (nSPS) is 19.9. The van der Waals surface area contributed by atoms with Crippen molar-refractivity contribution in [3.63, 3.8) is 0 Å². The Bertz CT molecular complexity index is 595. The number of thiazole rings is 1. The molecule has 126 valence electrons. The highest BCUT2D eigenvalue weighted by Gasteiger charge is 2.52. The van der Waals surface area contributed by atoms with Gasteiger partial charge < -0.3 is 19.2 Å². The van der Waals surface area contributed by atoms with E-state index in [2.05, 4.69) is 4.98 Å². The van der Waals surface area contributed by atoms with Crippen LogP contribution in [0.3, 0.4) is 0 Å². The minimum atomic E-state index is -0.639. The van der Waals surface area contributed by atoms with Crippen LogP contribution in [0.25, 0.3) is 6.08 Å². The van der Waals surface area contributed by atoms with Crippen molar-refractivity contribution in [1.82, 2.24) is 4.98 Å². The molecule has 1 saturated heterocycles. The van der Waals surface area contributed by atoms with Gasteiger partial charge >= 0.3 is 13.1 Å². The quantitative estimate of drug-likeness (QED) is 0.655. The van der Waals surface area contributed by atoms with Crippen molar-refractivity contribution in [1.29, 1.82) is 0 Å². The van der Waals surface area contributed by atoms with Gasteiger partial charge in [0.25, 0.3) is 0 Å². The van der Waals surface area contributed by atoms with Crippen LogP contribution in [0.15, 0.2) is 10.9 Å². The molecule has 1 aromatic heterocycles. The number of ether oxygens (including phenoxy) is 1. The average Bonchev–Trinajstić information content (AvgIpc) is 2.99. The smallest absolute Gasteiger partial charge is 0.461 e. The lowest BCUT2D eigenvalue weighted by atomic mass is 9.78. The third-order valence-electron chi connectivity index (χ3n) is 4.05. The number of nitrogens with zero attached hydrogens (tertiary/aromatic N) is 1. The van der Waals surface area contributed by atoms with Crippen LogP contribution in [0.5, 0.6) is 0 Å². The van der Waals surface area contributed by atoms with E-state index in [0.717, 1.165) is 0 Å². The molecule has 0 amide bonds. The summed E-state index contributed by atoms with van der Waals surface area (Å²) in [5, 5.41) is 11.9. The molecule has 0 bridgehead atoms. The number of rotatable bonds is 5. The zero-order chi connectivity index (χ0) is 17.3. The van der Waals surface area contributed by atoms with Gasteiger partial charge in [-0.15, -0.1) is 11.3 Å². The standard InChI is InChI=1S/C15H22BNO5S/c1-6-20-13(19)11-9-23-12(17-11)7-10(8-18)16-21-14(2,3)15(4,5)22-16/h7,9,18H,6,8H2,1-5H3. The largest absolute Gasteiger partial charge is 0.493 e. The number of esters is 1. The maximum Gasteiger partial charge on any atom is 0.493 e. The molecule has 8 heteroatoms. The summed E-state index contributed by atoms with van der Waals surface area (Å²) in [6, 6.07) is 0. The molecule has 2 rings (SSSR count). The van der Waals surface area contributed by atoms with Gasteiger partial charge in [-0.05, 0) is 46.2 Å². The molecule has 0 atom stereocenters. The fourth-order valence-corrected chi connectivity index (χ4v) is 2.75. The van der Waals surface area contributed by atoms with E-state index in [1.165, 1.54) is 11.3 Å². The van der Waals surface area contributed by atoms with Gasteiger partial charge in [0.15, 0.2) is 5.69 Å². The predicted octanol–water partition coefficient (Wildman–Crippen LogP) is 2.33. The second-order valence-electron chi connectivity index (χ2n) is 6.26. The number of aliphatic hydroxyl groups excluding tert-OH is 1. The molecule has 1 aromatic rings. The third-order valence-corrected chi connectivity index (χ3v) is 4.85. The molecule has 0 unspecified atom stereocenters. The third kappa shape index (κ3) is 3.83. The van der Waals surface area contributed by atoms with E-state index in [1.807, 2.05) is 27.7 Å². The second kappa shape index (κ2) is 6.72. The molecule has 0 aromatic carbocycles. The van der Waals surface area contributed by atoms with Crippen molar-refractivity contribution >= 4 is 30.5 Å². The maximum atomic E-state index is 11.6. The van der Waals surface area contributed by atoms with Crippen LogP contribution in [-0.4, -0.2) is 47.6 Å². The van der Waals surface area contributed by atoms with Crippen LogP contribution in [0.2, 0.25) is 0 Å². The minimum absolute atomic E-state index is 0.217. The molecule has 1 aliphatic rings. The van der Waals surface area contributed by atoms with Gasteiger partial charge in [-0.25, -0.2) is 9.78 Å². The van der Waals surface area contributed by atoms with Crippen LogP contribution in [0.1, 0.15) is 50.1 Å². The number of hydrogen-bond donors (Lipinski definition) is 1. The Morgan fingerprint density at radius 1 is 1.39 bits per heavy atom. The van der Waals surface area contributed by atoms with Crippen LogP contribution in [0.4, 0.5) is 0 Å². The molecule has 6 nitrogen and oxygen atoms in total. The summed E-state index contributed by atoms with van der Waals surface area (Å²) in [6.45, 7) is 9.62. The Kier molecular flexibility index (Phi) is 5.30. The summed E-state index contributed by atoms with van der Waals surface area (Å²) in [7, 11) is -0.639. The zero-order valence-corrected chi connectivity index (χ0v) is 14.9. The number of carbonyl (C=O) groups excluding carboxylic acids is 1. The number of aliphatic hydroxyl groups is 1. The van der Waals surface area contributed by atoms with Crippen molar-refractivity contribution in [3.05, 3.63) is 21.6 Å². The van der Waals surface area contributed by atoms with E-state index < -0.39 is 24.3 Å². The monoisotopic (exact) mass is 339 g/mol. The molecular formula is C15H22BNO5S. The fraction of sp³-hybridized carbons (Fsp3) is 0.600. The maximum absolute atomic E-state index is 11.6. The Labute approximate surface area is 140 Å². The highest BCUT2D eigenvalue weighted by Crippen LogP contribution is 2.38. The van der Waals surface area contributed by atoms with Crippen LogP contribution in [-0.2, 0) is 14.0 Å². The first-order valence-electron chi connectivity index (χ1n) is 7.50. The first kappa shape index (κ1) is 18.1. The van der Waals surface area contributed by atoms with Crippen molar-refractivity contribution < 1.29 is 23.9 Å². The van der Waals surface area contributed by atoms with Crippen molar-refractivity contribution in [3.8, 4) is 0 Å². The minimum Gasteiger partial charge on any atom is -0.461 e. The average molecular weight is 339 g/mol. The van der Waals surface area contributed by atoms with E-state index in [1.54, 1.807) is 18.4 Å². The topological polar surface area (TPSA) is 77.9 Å². The van der Waals surface area contributed by atoms with Crippen LogP contribution in [0, 0.1) is 0 Å². The van der Waals surface area contributed by atoms with Crippen molar-refractivity contribution in [2.75, 3.05) is 13.2 Å². The number of hydrogen-bond acceptors (Lipinski definition) is 7. The summed E-state index contributed by atoms with van der Waals surface area (Å²) in [5.74, 6) is -0.454. The number of aromatic nitrogens is 1. The Morgan fingerprint density at radius 3 is 2.52 bits per heavy atom. The molecule has 0 saturated carbocycles. The molecule has 0 aliphatic carbocycles. The van der Waals surface area contributed by atoms with Crippen molar-refractivity contribution in [2.45, 2.75) is 45.8 Å². The Morgan fingerprint density at radius 2 is 2.00 bits per heavy atom. The van der Waals surface area contributed by atoms with E-state index in [9.17, 15) is 9.90 Å². The Hall–Kier alpha value is -1.22. The molecule has 2 heterocycles. The zero-order valence-electron chi connectivity index (χ0n) is 14.1. The van der Waals surface area contributed by atoms with E-state index in [-0.39, 0.29) is 12.3 Å². The lowest BCUT2D eigenvalue weighted by Gasteiger charge is -2.32. The number of carbonyl (C=O) groups is 1. The summed E-state index contributed by atoms with van der Waals surface area (Å²) < 4.78 is 16.7. The van der Waals surface area contributed by atoms with E-state index >= 15 is 0 Å². The first-order valence-corrected chi connectivity index (χ1v) is 8.37. The highest BCUT2D eigenvalue weighted by molar-refractivity contribution is 7.10. The first-order chi connectivity index (χ1) is 10.7. The predicted molar refractivity (Wildman–Crippen MR) is 89.2 cm³/mol. The summed E-state index contributed by atoms with van der Waals surface area (Å²) in [4.78, 5) is 15.8. The fourth-order valence-electron chi connectivity index (χ4n) is 1.99. The van der Waals surface area contributed by atoms with E-state index in [0.29, 0.717) is 17.1 Å². The highest BCUT2D eigenvalue weighted by atomic mass is 32.1. The lowest BCUT2D eigenvalue weighted by Crippen LogP contribution is -2.41. The van der Waals surface area contributed by atoms with E-state index in [4.69, 9.17) is 14.0 Å². The van der Waals surface area contributed by atoms with Gasteiger partial charge in [0.05, 0.1) is 24.4 Å². The molecule has 1 fully saturated rings.